The molecule has 2 N–H and O–H groups in total. The van der Waals surface area contributed by atoms with Crippen LogP contribution < -0.4 is 0 Å². The summed E-state index contributed by atoms with van der Waals surface area (Å²) in [7, 11) is 0. The van der Waals surface area contributed by atoms with Crippen LogP contribution in [0.3, 0.4) is 0 Å². The summed E-state index contributed by atoms with van der Waals surface area (Å²) in [5.41, 5.74) is 2.27. The molecule has 112 valence electrons. The molecule has 0 unspecified atom stereocenters. The van der Waals surface area contributed by atoms with Crippen LogP contribution in [0.1, 0.15) is 21.5 Å². The van der Waals surface area contributed by atoms with E-state index in [0.29, 0.717) is 11.3 Å². The van der Waals surface area contributed by atoms with E-state index in [0.717, 1.165) is 21.8 Å². The number of carboxylic acid groups (broad SMARTS) is 1. The molecule has 0 saturated heterocycles. The normalized spacial score (nSPS) is 10.8. The first-order valence-electron chi connectivity index (χ1n) is 6.58. The standard InChI is InChI=1S/C15H13N3O2S2/c1-9-5-6-22-12(9)13-16-17-15(21)18(13)8-10-3-2-4-11(7-10)14(19)20/h2-7H,8H2,1H3,(H,17,21)(H,19,20). The zero-order valence-corrected chi connectivity index (χ0v) is 13.4. The van der Waals surface area contributed by atoms with Gasteiger partial charge in [0, 0.05) is 0 Å². The molecule has 3 aromatic rings. The topological polar surface area (TPSA) is 70.9 Å². The van der Waals surface area contributed by atoms with Crippen LogP contribution in [-0.4, -0.2) is 25.8 Å². The fourth-order valence-electron chi connectivity index (χ4n) is 2.22. The number of aromatic carboxylic acids is 1. The molecule has 0 radical (unpaired) electrons. The summed E-state index contributed by atoms with van der Waals surface area (Å²) in [6.45, 7) is 2.50. The third-order valence-corrected chi connectivity index (χ3v) is 4.66. The number of H-pyrrole nitrogens is 1. The second-order valence-electron chi connectivity index (χ2n) is 4.88. The Bertz CT molecular complexity index is 892. The molecule has 5 nitrogen and oxygen atoms in total. The predicted octanol–water partition coefficient (Wildman–Crippen LogP) is 3.72. The van der Waals surface area contributed by atoms with Gasteiger partial charge in [-0.25, -0.2) is 4.79 Å². The van der Waals surface area contributed by atoms with Crippen molar-refractivity contribution in [1.82, 2.24) is 14.8 Å². The number of carboxylic acids is 1. The van der Waals surface area contributed by atoms with Crippen molar-refractivity contribution in [3.8, 4) is 10.7 Å². The van der Waals surface area contributed by atoms with E-state index < -0.39 is 5.97 Å². The highest BCUT2D eigenvalue weighted by Crippen LogP contribution is 2.28. The molecule has 1 aromatic carbocycles. The lowest BCUT2D eigenvalue weighted by molar-refractivity contribution is 0.0696. The molecule has 0 fully saturated rings. The van der Waals surface area contributed by atoms with Crippen molar-refractivity contribution in [2.45, 2.75) is 13.5 Å². The Hall–Kier alpha value is -2.25. The molecular weight excluding hydrogens is 318 g/mol. The number of benzene rings is 1. The van der Waals surface area contributed by atoms with E-state index in [9.17, 15) is 4.79 Å². The van der Waals surface area contributed by atoms with Gasteiger partial charge in [0.2, 0.25) is 0 Å². The number of aromatic nitrogens is 3. The van der Waals surface area contributed by atoms with Crippen molar-refractivity contribution in [2.24, 2.45) is 0 Å². The maximum atomic E-state index is 11.1. The van der Waals surface area contributed by atoms with E-state index >= 15 is 0 Å². The average Bonchev–Trinajstić information content (AvgIpc) is 3.06. The number of aromatic amines is 1. The molecule has 0 aliphatic carbocycles. The molecule has 0 aliphatic rings. The summed E-state index contributed by atoms with van der Waals surface area (Å²) in [5, 5.41) is 18.2. The van der Waals surface area contributed by atoms with Crippen molar-refractivity contribution in [2.75, 3.05) is 0 Å². The van der Waals surface area contributed by atoms with Crippen LogP contribution in [0.15, 0.2) is 35.7 Å². The van der Waals surface area contributed by atoms with Crippen LogP contribution in [0.5, 0.6) is 0 Å². The van der Waals surface area contributed by atoms with Gasteiger partial charge in [0.05, 0.1) is 17.0 Å². The number of thiophene rings is 1. The molecular formula is C15H13N3O2S2. The fourth-order valence-corrected chi connectivity index (χ4v) is 3.34. The molecule has 2 heterocycles. The van der Waals surface area contributed by atoms with Crippen molar-refractivity contribution in [1.29, 1.82) is 0 Å². The van der Waals surface area contributed by atoms with Gasteiger partial charge in [0.25, 0.3) is 0 Å². The molecule has 7 heteroatoms. The number of hydrogen-bond donors (Lipinski definition) is 2. The monoisotopic (exact) mass is 331 g/mol. The zero-order valence-electron chi connectivity index (χ0n) is 11.7. The van der Waals surface area contributed by atoms with Crippen molar-refractivity contribution < 1.29 is 9.90 Å². The highest BCUT2D eigenvalue weighted by molar-refractivity contribution is 7.71. The second-order valence-corrected chi connectivity index (χ2v) is 6.18. The Morgan fingerprint density at radius 3 is 2.95 bits per heavy atom. The van der Waals surface area contributed by atoms with Crippen molar-refractivity contribution in [3.63, 3.8) is 0 Å². The number of nitrogens with one attached hydrogen (secondary N) is 1. The van der Waals surface area contributed by atoms with Crippen LogP contribution in [0.4, 0.5) is 0 Å². The van der Waals surface area contributed by atoms with Crippen molar-refractivity contribution in [3.05, 3.63) is 57.2 Å². The first kappa shape index (κ1) is 14.7. The molecule has 0 saturated carbocycles. The van der Waals surface area contributed by atoms with Crippen LogP contribution in [-0.2, 0) is 6.54 Å². The number of hydrogen-bond acceptors (Lipinski definition) is 4. The smallest absolute Gasteiger partial charge is 0.335 e. The quantitative estimate of drug-likeness (QED) is 0.715. The van der Waals surface area contributed by atoms with E-state index in [4.69, 9.17) is 17.3 Å². The van der Waals surface area contributed by atoms with Gasteiger partial charge in [-0.05, 0) is 53.8 Å². The largest absolute Gasteiger partial charge is 0.478 e. The summed E-state index contributed by atoms with van der Waals surface area (Å²) < 4.78 is 2.40. The lowest BCUT2D eigenvalue weighted by Crippen LogP contribution is -2.04. The average molecular weight is 331 g/mol. The minimum Gasteiger partial charge on any atom is -0.478 e. The summed E-state index contributed by atoms with van der Waals surface area (Å²) >= 11 is 6.91. The van der Waals surface area contributed by atoms with E-state index in [1.807, 2.05) is 29.0 Å². The maximum absolute atomic E-state index is 11.1. The summed E-state index contributed by atoms with van der Waals surface area (Å²) in [6, 6.07) is 8.88. The van der Waals surface area contributed by atoms with Crippen molar-refractivity contribution >= 4 is 29.5 Å². The molecule has 0 spiro atoms. The minimum atomic E-state index is -0.938. The van der Waals surface area contributed by atoms with E-state index in [-0.39, 0.29) is 5.56 Å². The molecule has 0 atom stereocenters. The number of rotatable bonds is 4. The molecule has 0 aliphatic heterocycles. The summed E-state index contributed by atoms with van der Waals surface area (Å²) in [5.74, 6) is -0.162. The maximum Gasteiger partial charge on any atom is 0.335 e. The molecule has 2 aromatic heterocycles. The van der Waals surface area contributed by atoms with Gasteiger partial charge in [-0.2, -0.15) is 5.10 Å². The fraction of sp³-hybridized carbons (Fsp3) is 0.133. The van der Waals surface area contributed by atoms with Gasteiger partial charge in [0.15, 0.2) is 10.6 Å². The molecule has 0 amide bonds. The van der Waals surface area contributed by atoms with Gasteiger partial charge in [-0.3, -0.25) is 9.67 Å². The zero-order chi connectivity index (χ0) is 15.7. The lowest BCUT2D eigenvalue weighted by atomic mass is 10.1. The molecule has 0 bridgehead atoms. The van der Waals surface area contributed by atoms with Gasteiger partial charge in [-0.15, -0.1) is 11.3 Å². The predicted molar refractivity (Wildman–Crippen MR) is 88.0 cm³/mol. The third-order valence-electron chi connectivity index (χ3n) is 3.34. The highest BCUT2D eigenvalue weighted by atomic mass is 32.1. The summed E-state index contributed by atoms with van der Waals surface area (Å²) in [4.78, 5) is 12.1. The number of nitrogens with zero attached hydrogens (tertiary/aromatic N) is 2. The number of carbonyl (C=O) groups is 1. The second kappa shape index (κ2) is 5.86. The van der Waals surface area contributed by atoms with E-state index in [1.165, 1.54) is 0 Å². The van der Waals surface area contributed by atoms with Crippen LogP contribution in [0.2, 0.25) is 0 Å². The lowest BCUT2D eigenvalue weighted by Gasteiger charge is -2.07. The van der Waals surface area contributed by atoms with Gasteiger partial charge in [-0.1, -0.05) is 12.1 Å². The third kappa shape index (κ3) is 2.72. The first-order chi connectivity index (χ1) is 10.6. The highest BCUT2D eigenvalue weighted by Gasteiger charge is 2.13. The Kier molecular flexibility index (Phi) is 3.91. The minimum absolute atomic E-state index is 0.265. The Labute approximate surface area is 135 Å². The Morgan fingerprint density at radius 2 is 2.27 bits per heavy atom. The SMILES string of the molecule is Cc1ccsc1-c1n[nH]c(=S)n1Cc1cccc(C(=O)O)c1. The van der Waals surface area contributed by atoms with Gasteiger partial charge >= 0.3 is 5.97 Å². The molecule has 3 rings (SSSR count). The van der Waals surface area contributed by atoms with Crippen LogP contribution >= 0.6 is 23.6 Å². The van der Waals surface area contributed by atoms with Gasteiger partial charge in [0.1, 0.15) is 0 Å². The van der Waals surface area contributed by atoms with Crippen LogP contribution in [0.25, 0.3) is 10.7 Å². The van der Waals surface area contributed by atoms with E-state index in [1.54, 1.807) is 29.5 Å². The Morgan fingerprint density at radius 1 is 1.45 bits per heavy atom. The van der Waals surface area contributed by atoms with Gasteiger partial charge < -0.3 is 5.11 Å². The first-order valence-corrected chi connectivity index (χ1v) is 7.87. The molecule has 22 heavy (non-hydrogen) atoms. The van der Waals surface area contributed by atoms with Crippen LogP contribution in [0, 0.1) is 11.7 Å². The number of aryl methyl sites for hydroxylation is 1. The van der Waals surface area contributed by atoms with E-state index in [2.05, 4.69) is 10.2 Å². The Balaban J connectivity index is 2.02. The summed E-state index contributed by atoms with van der Waals surface area (Å²) in [6.07, 6.45) is 0.